The molecule has 0 aliphatic carbocycles. The van der Waals surface area contributed by atoms with E-state index in [-0.39, 0.29) is 0 Å². The third-order valence-electron chi connectivity index (χ3n) is 2.20. The molecule has 0 fully saturated rings. The molecule has 0 aromatic carbocycles. The Morgan fingerprint density at radius 1 is 1.18 bits per heavy atom. The summed E-state index contributed by atoms with van der Waals surface area (Å²) in [5.41, 5.74) is 7.51. The quantitative estimate of drug-likeness (QED) is 0.793. The normalized spacial score (nSPS) is 9.00. The number of hydrogen-bond donors (Lipinski definition) is 2. The molecule has 4 heteroatoms. The lowest BCUT2D eigenvalue weighted by molar-refractivity contribution is 0.886. The van der Waals surface area contributed by atoms with Gasteiger partial charge < -0.3 is 10.7 Å². The van der Waals surface area contributed by atoms with Gasteiger partial charge in [-0.1, -0.05) is 40.5 Å². The summed E-state index contributed by atoms with van der Waals surface area (Å²) in [4.78, 5) is 10.9. The van der Waals surface area contributed by atoms with Gasteiger partial charge in [0.2, 0.25) is 0 Å². The van der Waals surface area contributed by atoms with Crippen LogP contribution in [0.15, 0.2) is 12.5 Å². The number of unbranched alkanes of at least 4 members (excludes halogenated alkanes) is 1. The van der Waals surface area contributed by atoms with Crippen molar-refractivity contribution in [3.05, 3.63) is 18.1 Å². The first-order chi connectivity index (χ1) is 8.20. The van der Waals surface area contributed by atoms with E-state index in [1.165, 1.54) is 19.2 Å². The minimum absolute atomic E-state index is 0.536. The Morgan fingerprint density at radius 3 is 2.24 bits per heavy atom. The first kappa shape index (κ1) is 15.4. The van der Waals surface area contributed by atoms with Crippen molar-refractivity contribution in [2.75, 3.05) is 5.73 Å². The summed E-state index contributed by atoms with van der Waals surface area (Å²) in [6.45, 7) is 10.3. The maximum absolute atomic E-state index is 5.63. The van der Waals surface area contributed by atoms with Gasteiger partial charge in [-0.3, -0.25) is 0 Å². The molecule has 4 nitrogen and oxygen atoms in total. The number of aryl methyl sites for hydroxylation is 1. The van der Waals surface area contributed by atoms with Crippen molar-refractivity contribution in [2.45, 2.75) is 47.5 Å². The maximum Gasteiger partial charge on any atom is 0.143 e. The highest BCUT2D eigenvalue weighted by Crippen LogP contribution is 2.18. The van der Waals surface area contributed by atoms with Gasteiger partial charge in [0.1, 0.15) is 17.8 Å². The lowest BCUT2D eigenvalue weighted by Crippen LogP contribution is -1.91. The number of nitrogens with zero attached hydrogens (tertiary/aromatic N) is 2. The molecule has 0 atom stereocenters. The smallest absolute Gasteiger partial charge is 0.143 e. The van der Waals surface area contributed by atoms with E-state index in [1.54, 1.807) is 0 Å². The van der Waals surface area contributed by atoms with Crippen molar-refractivity contribution in [1.29, 1.82) is 0 Å². The minimum Gasteiger partial charge on any atom is -0.383 e. The summed E-state index contributed by atoms with van der Waals surface area (Å²) in [5.74, 6) is 0.536. The number of aromatic nitrogens is 3. The molecule has 2 aromatic heterocycles. The summed E-state index contributed by atoms with van der Waals surface area (Å²) >= 11 is 0. The number of nitrogens with two attached hydrogens (primary N) is 1. The second-order valence-electron chi connectivity index (χ2n) is 3.45. The van der Waals surface area contributed by atoms with Crippen LogP contribution in [-0.2, 0) is 0 Å². The molecule has 0 unspecified atom stereocenters. The molecule has 0 spiro atoms. The van der Waals surface area contributed by atoms with Crippen LogP contribution in [-0.4, -0.2) is 15.0 Å². The van der Waals surface area contributed by atoms with Crippen molar-refractivity contribution in [3.8, 4) is 0 Å². The van der Waals surface area contributed by atoms with Crippen LogP contribution in [0.5, 0.6) is 0 Å². The summed E-state index contributed by atoms with van der Waals surface area (Å²) in [6, 6.07) is 0. The molecule has 2 aromatic rings. The molecular formula is C13H24N4. The van der Waals surface area contributed by atoms with Gasteiger partial charge in [0.25, 0.3) is 0 Å². The van der Waals surface area contributed by atoms with E-state index in [4.69, 9.17) is 5.73 Å². The zero-order valence-electron chi connectivity index (χ0n) is 11.5. The molecule has 3 N–H and O–H groups in total. The van der Waals surface area contributed by atoms with Gasteiger partial charge in [-0.05, 0) is 12.5 Å². The molecule has 0 amide bonds. The maximum atomic E-state index is 5.63. The first-order valence-electron chi connectivity index (χ1n) is 6.24. The van der Waals surface area contributed by atoms with E-state index >= 15 is 0 Å². The number of fused-ring (bicyclic) bond motifs is 1. The van der Waals surface area contributed by atoms with Crippen molar-refractivity contribution in [1.82, 2.24) is 15.0 Å². The highest BCUT2D eigenvalue weighted by molar-refractivity contribution is 5.88. The van der Waals surface area contributed by atoms with Gasteiger partial charge >= 0.3 is 0 Å². The van der Waals surface area contributed by atoms with Crippen molar-refractivity contribution < 1.29 is 0 Å². The number of aromatic amines is 1. The Labute approximate surface area is 104 Å². The molecule has 17 heavy (non-hydrogen) atoms. The summed E-state index contributed by atoms with van der Waals surface area (Å²) in [5, 5.41) is 0.924. The molecule has 0 bridgehead atoms. The number of rotatable bonds is 1. The average Bonchev–Trinajstić information content (AvgIpc) is 2.75. The zero-order valence-corrected chi connectivity index (χ0v) is 11.5. The van der Waals surface area contributed by atoms with Crippen LogP contribution < -0.4 is 5.73 Å². The standard InChI is InChI=1S/C7H8N4.C4H10.C2H6/c1-4-2-9-7-5(4)6(8)10-3-11-7;1-3-4-2;1-2/h2-3H,1H3,(H3,8,9,10,11);3-4H2,1-2H3;1-2H3. The third-order valence-corrected chi connectivity index (χ3v) is 2.20. The molecule has 0 radical (unpaired) electrons. The molecular weight excluding hydrogens is 212 g/mol. The summed E-state index contributed by atoms with van der Waals surface area (Å²) in [6.07, 6.45) is 5.96. The lowest BCUT2D eigenvalue weighted by atomic mass is 10.2. The predicted molar refractivity (Wildman–Crippen MR) is 75.0 cm³/mol. The SMILES string of the molecule is CC.CCCC.Cc1c[nH]c2ncnc(N)c12. The van der Waals surface area contributed by atoms with E-state index in [2.05, 4.69) is 28.8 Å². The van der Waals surface area contributed by atoms with Crippen molar-refractivity contribution >= 4 is 16.9 Å². The predicted octanol–water partition coefficient (Wildman–Crippen LogP) is 3.68. The van der Waals surface area contributed by atoms with Gasteiger partial charge in [0.15, 0.2) is 0 Å². The number of H-pyrrole nitrogens is 1. The van der Waals surface area contributed by atoms with Crippen molar-refractivity contribution in [2.24, 2.45) is 0 Å². The number of nitrogen functional groups attached to an aromatic ring is 1. The lowest BCUT2D eigenvalue weighted by Gasteiger charge is -1.93. The fourth-order valence-corrected chi connectivity index (χ4v) is 1.15. The number of hydrogen-bond acceptors (Lipinski definition) is 3. The largest absolute Gasteiger partial charge is 0.383 e. The van der Waals surface area contributed by atoms with Gasteiger partial charge in [-0.2, -0.15) is 0 Å². The Morgan fingerprint density at radius 2 is 1.76 bits per heavy atom. The monoisotopic (exact) mass is 236 g/mol. The second kappa shape index (κ2) is 8.56. The van der Waals surface area contributed by atoms with Crippen LogP contribution in [0.25, 0.3) is 11.0 Å². The third kappa shape index (κ3) is 4.43. The Kier molecular flexibility index (Phi) is 7.76. The molecule has 2 heterocycles. The van der Waals surface area contributed by atoms with E-state index in [9.17, 15) is 0 Å². The molecule has 96 valence electrons. The van der Waals surface area contributed by atoms with Gasteiger partial charge in [-0.25, -0.2) is 9.97 Å². The van der Waals surface area contributed by atoms with Crippen LogP contribution >= 0.6 is 0 Å². The highest BCUT2D eigenvalue weighted by atomic mass is 15.0. The van der Waals surface area contributed by atoms with Gasteiger partial charge in [0, 0.05) is 6.20 Å². The second-order valence-corrected chi connectivity index (χ2v) is 3.45. The Hall–Kier alpha value is -1.58. The van der Waals surface area contributed by atoms with Crippen molar-refractivity contribution in [3.63, 3.8) is 0 Å². The molecule has 0 saturated carbocycles. The Bertz CT molecular complexity index is 418. The van der Waals surface area contributed by atoms with E-state index in [0.717, 1.165) is 16.6 Å². The molecule has 2 rings (SSSR count). The minimum atomic E-state index is 0.536. The van der Waals surface area contributed by atoms with Crippen LogP contribution in [0.2, 0.25) is 0 Å². The van der Waals surface area contributed by atoms with E-state index in [1.807, 2.05) is 27.0 Å². The Balaban J connectivity index is 0.000000368. The summed E-state index contributed by atoms with van der Waals surface area (Å²) < 4.78 is 0. The topological polar surface area (TPSA) is 67.6 Å². The van der Waals surface area contributed by atoms with E-state index in [0.29, 0.717) is 5.82 Å². The fourth-order valence-electron chi connectivity index (χ4n) is 1.15. The van der Waals surface area contributed by atoms with Gasteiger partial charge in [-0.15, -0.1) is 0 Å². The molecule has 0 aliphatic heterocycles. The van der Waals surface area contributed by atoms with Crippen LogP contribution in [0.4, 0.5) is 5.82 Å². The van der Waals surface area contributed by atoms with Gasteiger partial charge in [0.05, 0.1) is 5.39 Å². The van der Waals surface area contributed by atoms with Crippen LogP contribution in [0, 0.1) is 6.92 Å². The van der Waals surface area contributed by atoms with E-state index < -0.39 is 0 Å². The highest BCUT2D eigenvalue weighted by Gasteiger charge is 2.03. The van der Waals surface area contributed by atoms with Crippen LogP contribution in [0.3, 0.4) is 0 Å². The molecule has 0 saturated heterocycles. The fraction of sp³-hybridized carbons (Fsp3) is 0.538. The molecule has 0 aliphatic rings. The summed E-state index contributed by atoms with van der Waals surface area (Å²) in [7, 11) is 0. The first-order valence-corrected chi connectivity index (χ1v) is 6.24. The zero-order chi connectivity index (χ0) is 13.3. The van der Waals surface area contributed by atoms with Crippen LogP contribution in [0.1, 0.15) is 46.1 Å². The number of anilines is 1. The average molecular weight is 236 g/mol. The number of nitrogens with one attached hydrogen (secondary N) is 1.